The molecule has 11 heteroatoms. The minimum atomic E-state index is -2.11. The maximum Gasteiger partial charge on any atom is 0.408 e. The second kappa shape index (κ2) is 9.88. The van der Waals surface area contributed by atoms with Crippen LogP contribution in [-0.2, 0) is 23.9 Å². The third-order valence-electron chi connectivity index (χ3n) is 3.59. The van der Waals surface area contributed by atoms with E-state index in [1.165, 1.54) is 6.92 Å². The first-order valence-corrected chi connectivity index (χ1v) is 9.18. The van der Waals surface area contributed by atoms with Gasteiger partial charge in [-0.05, 0) is 54.9 Å². The van der Waals surface area contributed by atoms with E-state index in [0.29, 0.717) is 13.0 Å². The second-order valence-corrected chi connectivity index (χ2v) is 8.77. The highest BCUT2D eigenvalue weighted by Gasteiger charge is 2.42. The quantitative estimate of drug-likeness (QED) is 0.311. The molecule has 0 aromatic heterocycles. The molecule has 0 aromatic rings. The first-order chi connectivity index (χ1) is 12.9. The predicted molar refractivity (Wildman–Crippen MR) is 105 cm³/mol. The lowest BCUT2D eigenvalue weighted by molar-refractivity contribution is -0.166. The number of hydrogen-bond donors (Lipinski definition) is 5. The topological polar surface area (TPSA) is 183 Å². The molecule has 2 amide bonds. The number of nitrogens with two attached hydrogens (primary N) is 2. The van der Waals surface area contributed by atoms with E-state index >= 15 is 0 Å². The van der Waals surface area contributed by atoms with Gasteiger partial charge in [-0.2, -0.15) is 0 Å². The molecule has 11 nitrogen and oxygen atoms in total. The van der Waals surface area contributed by atoms with Gasteiger partial charge in [-0.15, -0.1) is 0 Å². The van der Waals surface area contributed by atoms with E-state index in [9.17, 15) is 19.2 Å². The lowest BCUT2D eigenvalue weighted by atomic mass is 9.96. The van der Waals surface area contributed by atoms with Crippen LogP contribution >= 0.6 is 0 Å². The Balaban J connectivity index is 0.000000541. The van der Waals surface area contributed by atoms with E-state index in [2.05, 4.69) is 10.6 Å². The van der Waals surface area contributed by atoms with Gasteiger partial charge in [0, 0.05) is 6.54 Å². The molecular weight excluding hydrogens is 384 g/mol. The van der Waals surface area contributed by atoms with E-state index < -0.39 is 46.9 Å². The smallest absolute Gasteiger partial charge is 0.408 e. The molecule has 0 aromatic carbocycles. The summed E-state index contributed by atoms with van der Waals surface area (Å²) in [6.45, 7) is 12.3. The number of carbonyl (C=O) groups excluding carboxylic acids is 3. The number of carboxylic acids is 1. The molecule has 29 heavy (non-hydrogen) atoms. The summed E-state index contributed by atoms with van der Waals surface area (Å²) in [5.41, 5.74) is 7.27. The van der Waals surface area contributed by atoms with Crippen LogP contribution in [0.3, 0.4) is 0 Å². The summed E-state index contributed by atoms with van der Waals surface area (Å²) in [7, 11) is 0. The van der Waals surface area contributed by atoms with Gasteiger partial charge in [0.2, 0.25) is 5.91 Å². The van der Waals surface area contributed by atoms with E-state index in [1.807, 2.05) is 0 Å². The Morgan fingerprint density at radius 1 is 1.10 bits per heavy atom. The van der Waals surface area contributed by atoms with Gasteiger partial charge < -0.3 is 36.7 Å². The number of nitrogens with one attached hydrogen (secondary N) is 2. The summed E-state index contributed by atoms with van der Waals surface area (Å²) in [5, 5.41) is 13.8. The summed E-state index contributed by atoms with van der Waals surface area (Å²) in [6.07, 6.45) is 0.0810. The number of ether oxygens (including phenoxy) is 2. The van der Waals surface area contributed by atoms with Crippen LogP contribution in [0.4, 0.5) is 4.79 Å². The number of alkyl carbamates (subject to hydrolysis) is 1. The van der Waals surface area contributed by atoms with Crippen molar-refractivity contribution < 1.29 is 33.8 Å². The van der Waals surface area contributed by atoms with Gasteiger partial charge in [0.05, 0.1) is 5.92 Å². The van der Waals surface area contributed by atoms with Crippen LogP contribution < -0.4 is 22.1 Å². The summed E-state index contributed by atoms with van der Waals surface area (Å²) >= 11 is 0. The number of hydrogen-bond acceptors (Lipinski definition) is 8. The SMILES string of the molecule is CC(C)(C)OC(=O)N[C@H]1CCNC1=O.C[C@H](C(=O)OC(C)(C)C)C(N)(N)C(=O)O. The van der Waals surface area contributed by atoms with Crippen molar-refractivity contribution in [2.45, 2.75) is 77.8 Å². The fraction of sp³-hybridized carbons (Fsp3) is 0.778. The number of carboxylic acid groups (broad SMARTS) is 1. The average molecular weight is 418 g/mol. The van der Waals surface area contributed by atoms with Crippen LogP contribution in [0.5, 0.6) is 0 Å². The number of aliphatic carboxylic acids is 1. The molecule has 1 rings (SSSR count). The molecule has 168 valence electrons. The minimum Gasteiger partial charge on any atom is -0.479 e. The van der Waals surface area contributed by atoms with Crippen molar-refractivity contribution in [3.05, 3.63) is 0 Å². The van der Waals surface area contributed by atoms with Crippen LogP contribution in [-0.4, -0.2) is 58.5 Å². The molecule has 1 heterocycles. The summed E-state index contributed by atoms with van der Waals surface area (Å²) in [6, 6.07) is -0.440. The molecule has 1 saturated heterocycles. The lowest BCUT2D eigenvalue weighted by Gasteiger charge is -2.28. The van der Waals surface area contributed by atoms with Gasteiger partial charge in [0.25, 0.3) is 0 Å². The highest BCUT2D eigenvalue weighted by atomic mass is 16.6. The van der Waals surface area contributed by atoms with Crippen molar-refractivity contribution in [3.8, 4) is 0 Å². The highest BCUT2D eigenvalue weighted by Crippen LogP contribution is 2.16. The van der Waals surface area contributed by atoms with E-state index in [4.69, 9.17) is 26.0 Å². The summed E-state index contributed by atoms with van der Waals surface area (Å²) in [5.74, 6) is -3.43. The largest absolute Gasteiger partial charge is 0.479 e. The fourth-order valence-electron chi connectivity index (χ4n) is 1.95. The molecule has 0 aliphatic carbocycles. The van der Waals surface area contributed by atoms with Crippen molar-refractivity contribution in [2.24, 2.45) is 17.4 Å². The Morgan fingerprint density at radius 2 is 1.59 bits per heavy atom. The highest BCUT2D eigenvalue weighted by molar-refractivity contribution is 5.87. The van der Waals surface area contributed by atoms with Crippen LogP contribution in [0.1, 0.15) is 54.9 Å². The Hall–Kier alpha value is -2.40. The zero-order valence-electron chi connectivity index (χ0n) is 18.1. The van der Waals surface area contributed by atoms with Gasteiger partial charge in [-0.25, -0.2) is 9.59 Å². The predicted octanol–water partition coefficient (Wildman–Crippen LogP) is 0.0621. The Labute approximate surface area is 170 Å². The molecule has 1 aliphatic rings. The molecule has 2 atom stereocenters. The van der Waals surface area contributed by atoms with Gasteiger partial charge >= 0.3 is 18.0 Å². The van der Waals surface area contributed by atoms with Gasteiger partial charge in [0.1, 0.15) is 17.2 Å². The maximum absolute atomic E-state index is 11.5. The van der Waals surface area contributed by atoms with Gasteiger partial charge in [-0.1, -0.05) is 0 Å². The number of esters is 1. The molecule has 0 unspecified atom stereocenters. The molecule has 7 N–H and O–H groups in total. The second-order valence-electron chi connectivity index (χ2n) is 8.77. The van der Waals surface area contributed by atoms with Crippen LogP contribution in [0.15, 0.2) is 0 Å². The van der Waals surface area contributed by atoms with Crippen LogP contribution in [0, 0.1) is 5.92 Å². The average Bonchev–Trinajstić information content (AvgIpc) is 2.88. The number of carbonyl (C=O) groups is 4. The van der Waals surface area contributed by atoms with Crippen molar-refractivity contribution in [2.75, 3.05) is 6.54 Å². The van der Waals surface area contributed by atoms with Crippen LogP contribution in [0.2, 0.25) is 0 Å². The minimum absolute atomic E-state index is 0.143. The van der Waals surface area contributed by atoms with Crippen molar-refractivity contribution in [3.63, 3.8) is 0 Å². The fourth-order valence-corrected chi connectivity index (χ4v) is 1.95. The Bertz CT molecular complexity index is 621. The third kappa shape index (κ3) is 10.1. The standard InChI is InChI=1S/C9H18N2O4.C9H16N2O3/c1-5(9(10,11)7(13)14)6(12)15-8(2,3)4;1-9(2,3)14-8(13)11-6-4-5-10-7(6)12/h5H,10-11H2,1-4H3,(H,13,14);6H,4-5H2,1-3H3,(H,10,12)(H,11,13)/t5-;6-/m10/s1. The molecule has 1 fully saturated rings. The number of rotatable bonds is 4. The molecule has 0 spiro atoms. The monoisotopic (exact) mass is 418 g/mol. The first kappa shape index (κ1) is 26.6. The lowest BCUT2D eigenvalue weighted by Crippen LogP contribution is -2.63. The van der Waals surface area contributed by atoms with Crippen molar-refractivity contribution >= 4 is 23.9 Å². The maximum atomic E-state index is 11.5. The molecule has 1 aliphatic heterocycles. The Kier molecular flexibility index (Phi) is 9.06. The van der Waals surface area contributed by atoms with Gasteiger partial charge in [-0.3, -0.25) is 9.59 Å². The normalized spacial score (nSPS) is 18.0. The summed E-state index contributed by atoms with van der Waals surface area (Å²) in [4.78, 5) is 44.5. The molecular formula is C18H34N4O7. The van der Waals surface area contributed by atoms with E-state index in [-0.39, 0.29) is 5.91 Å². The Morgan fingerprint density at radius 3 is 1.93 bits per heavy atom. The molecule has 0 bridgehead atoms. The van der Waals surface area contributed by atoms with E-state index in [0.717, 1.165) is 0 Å². The van der Waals surface area contributed by atoms with Gasteiger partial charge in [0.15, 0.2) is 5.66 Å². The van der Waals surface area contributed by atoms with E-state index in [1.54, 1.807) is 41.5 Å². The zero-order chi connectivity index (χ0) is 23.2. The van der Waals surface area contributed by atoms with Crippen LogP contribution in [0.25, 0.3) is 0 Å². The van der Waals surface area contributed by atoms with Crippen molar-refractivity contribution in [1.29, 1.82) is 0 Å². The zero-order valence-corrected chi connectivity index (χ0v) is 18.1. The third-order valence-corrected chi connectivity index (χ3v) is 3.59. The molecule has 0 saturated carbocycles. The first-order valence-electron chi connectivity index (χ1n) is 9.18. The summed E-state index contributed by atoms with van der Waals surface area (Å²) < 4.78 is 9.99. The van der Waals surface area contributed by atoms with Crippen molar-refractivity contribution in [1.82, 2.24) is 10.6 Å². The molecule has 0 radical (unpaired) electrons. The number of amides is 2.